The van der Waals surface area contributed by atoms with E-state index in [1.54, 1.807) is 0 Å². The first-order valence-corrected chi connectivity index (χ1v) is 8.28. The van der Waals surface area contributed by atoms with Gasteiger partial charge in [0, 0.05) is 29.3 Å². The fraction of sp³-hybridized carbons (Fsp3) is 0.333. The molecule has 0 radical (unpaired) electrons. The molecule has 0 saturated heterocycles. The van der Waals surface area contributed by atoms with Gasteiger partial charge in [-0.3, -0.25) is 0 Å². The summed E-state index contributed by atoms with van der Waals surface area (Å²) in [7, 11) is 0. The van der Waals surface area contributed by atoms with Gasteiger partial charge in [-0.05, 0) is 48.1 Å². The molecule has 2 aromatic carbocycles. The van der Waals surface area contributed by atoms with Crippen LogP contribution in [0.5, 0.6) is 0 Å². The molecule has 0 aliphatic carbocycles. The van der Waals surface area contributed by atoms with Crippen LogP contribution >= 0.6 is 22.6 Å². The van der Waals surface area contributed by atoms with Gasteiger partial charge >= 0.3 is 0 Å². The maximum absolute atomic E-state index is 3.25. The molecule has 0 N–H and O–H groups in total. The largest absolute Gasteiger partial charge is 0.337 e. The molecule has 0 bridgehead atoms. The van der Waals surface area contributed by atoms with E-state index in [2.05, 4.69) is 89.9 Å². The topological polar surface area (TPSA) is 3.24 Å². The molecule has 20 heavy (non-hydrogen) atoms. The Bertz CT molecular complexity index is 594. The molecule has 3 rings (SSSR count). The number of fused-ring (bicyclic) bond motifs is 1. The standard InChI is InChI=1S/C18H18IN/c1-3-8-15-13(2)20(14-9-5-4-6-10-14)17-12-7-11-16(19)18(15)17/h4-6,9-10,12-13,15H,3,8H2,1-2H3. The Morgan fingerprint density at radius 3 is 2.70 bits per heavy atom. The van der Waals surface area contributed by atoms with Crippen LogP contribution in [0, 0.1) is 15.7 Å². The van der Waals surface area contributed by atoms with E-state index in [1.807, 2.05) is 0 Å². The fourth-order valence-electron chi connectivity index (χ4n) is 3.28. The molecule has 2 aromatic rings. The van der Waals surface area contributed by atoms with Gasteiger partial charge in [-0.1, -0.05) is 43.7 Å². The number of anilines is 2. The zero-order chi connectivity index (χ0) is 14.1. The average Bonchev–Trinajstić information content (AvgIpc) is 2.74. The molecular formula is C18H18IN. The summed E-state index contributed by atoms with van der Waals surface area (Å²) < 4.78 is 1.23. The molecule has 0 saturated carbocycles. The number of para-hydroxylation sites is 1. The lowest BCUT2D eigenvalue weighted by Gasteiger charge is -2.27. The Labute approximate surface area is 135 Å². The minimum atomic E-state index is 0.491. The number of rotatable bonds is 3. The first-order valence-electron chi connectivity index (χ1n) is 7.20. The van der Waals surface area contributed by atoms with Crippen LogP contribution in [0.2, 0.25) is 0 Å². The Hall–Kier alpha value is -1.21. The van der Waals surface area contributed by atoms with Gasteiger partial charge in [0.25, 0.3) is 0 Å². The Morgan fingerprint density at radius 1 is 1.25 bits per heavy atom. The highest BCUT2D eigenvalue weighted by atomic mass is 127. The van der Waals surface area contributed by atoms with Crippen molar-refractivity contribution in [1.82, 2.24) is 0 Å². The summed E-state index contributed by atoms with van der Waals surface area (Å²) in [5, 5.41) is 0. The molecule has 1 nitrogen and oxygen atoms in total. The Kier molecular flexibility index (Phi) is 3.89. The number of halogens is 1. The lowest BCUT2D eigenvalue weighted by Crippen LogP contribution is -2.26. The van der Waals surface area contributed by atoms with Crippen LogP contribution in [0.25, 0.3) is 0 Å². The molecule has 0 fully saturated rings. The molecule has 1 aliphatic rings. The highest BCUT2D eigenvalue weighted by molar-refractivity contribution is 14.1. The Balaban J connectivity index is 2.12. The monoisotopic (exact) mass is 375 g/mol. The third-order valence-corrected chi connectivity index (χ3v) is 5.01. The molecule has 0 spiro atoms. The molecule has 0 amide bonds. The van der Waals surface area contributed by atoms with Crippen molar-refractivity contribution in [3.63, 3.8) is 0 Å². The van der Waals surface area contributed by atoms with Crippen molar-refractivity contribution >= 4 is 34.0 Å². The van der Waals surface area contributed by atoms with Crippen LogP contribution in [0.4, 0.5) is 11.4 Å². The predicted octanol–water partition coefficient (Wildman–Crippen LogP) is 5.32. The van der Waals surface area contributed by atoms with Crippen LogP contribution in [0.3, 0.4) is 0 Å². The smallest absolute Gasteiger partial charge is 0.0689 e. The van der Waals surface area contributed by atoms with E-state index < -0.39 is 0 Å². The van der Waals surface area contributed by atoms with E-state index >= 15 is 0 Å². The number of nitrogens with zero attached hydrogens (tertiary/aromatic N) is 1. The summed E-state index contributed by atoms with van der Waals surface area (Å²) >= 11 is 2.41. The summed E-state index contributed by atoms with van der Waals surface area (Å²) in [5.74, 6) is 0.591. The molecule has 1 heterocycles. The maximum Gasteiger partial charge on any atom is 0.0689 e. The molecule has 102 valence electrons. The zero-order valence-corrected chi connectivity index (χ0v) is 14.0. The van der Waals surface area contributed by atoms with Crippen molar-refractivity contribution in [2.24, 2.45) is 0 Å². The maximum atomic E-state index is 3.25. The molecule has 1 aliphatic heterocycles. The van der Waals surface area contributed by atoms with Crippen molar-refractivity contribution in [2.45, 2.75) is 38.6 Å². The van der Waals surface area contributed by atoms with Gasteiger partial charge in [0.15, 0.2) is 0 Å². The lowest BCUT2D eigenvalue weighted by molar-refractivity contribution is 0.547. The number of hydrogen-bond donors (Lipinski definition) is 0. The normalized spacial score (nSPS) is 20.6. The highest BCUT2D eigenvalue weighted by Gasteiger charge is 2.37. The van der Waals surface area contributed by atoms with Crippen molar-refractivity contribution in [2.75, 3.05) is 4.90 Å². The van der Waals surface area contributed by atoms with Crippen molar-refractivity contribution in [3.05, 3.63) is 57.7 Å². The zero-order valence-electron chi connectivity index (χ0n) is 11.9. The molecule has 2 unspecified atom stereocenters. The molecule has 2 heteroatoms. The van der Waals surface area contributed by atoms with Crippen molar-refractivity contribution < 1.29 is 0 Å². The molecule has 0 aromatic heterocycles. The van der Waals surface area contributed by atoms with Gasteiger partial charge in [0.2, 0.25) is 0 Å². The number of benzene rings is 1. The van der Waals surface area contributed by atoms with Crippen LogP contribution in [0.15, 0.2) is 36.4 Å². The van der Waals surface area contributed by atoms with E-state index in [4.69, 9.17) is 0 Å². The third-order valence-electron chi connectivity index (χ3n) is 4.16. The first-order chi connectivity index (χ1) is 9.74. The second-order valence-electron chi connectivity index (χ2n) is 5.37. The summed E-state index contributed by atoms with van der Waals surface area (Å²) in [6.07, 6.45) is 2.44. The van der Waals surface area contributed by atoms with Gasteiger partial charge in [-0.2, -0.15) is 0 Å². The molecular weight excluding hydrogens is 357 g/mol. The van der Waals surface area contributed by atoms with Crippen LogP contribution in [-0.2, 0) is 0 Å². The summed E-state index contributed by atoms with van der Waals surface area (Å²) in [6, 6.07) is 19.7. The SMILES string of the molecule is CCCC1c2c(I)c#ccc2N(c2ccccc2)C1C. The fourth-order valence-corrected chi connectivity index (χ4v) is 4.11. The van der Waals surface area contributed by atoms with Crippen molar-refractivity contribution in [3.8, 4) is 0 Å². The van der Waals surface area contributed by atoms with Gasteiger partial charge in [-0.25, -0.2) is 0 Å². The first kappa shape index (κ1) is 13.8. The predicted molar refractivity (Wildman–Crippen MR) is 92.5 cm³/mol. The summed E-state index contributed by atoms with van der Waals surface area (Å²) in [6.45, 7) is 4.60. The van der Waals surface area contributed by atoms with Gasteiger partial charge < -0.3 is 4.90 Å². The second kappa shape index (κ2) is 5.65. The third kappa shape index (κ3) is 2.18. The van der Waals surface area contributed by atoms with Crippen LogP contribution < -0.4 is 4.90 Å². The molecule has 2 atom stereocenters. The quantitative estimate of drug-likeness (QED) is 0.657. The minimum absolute atomic E-state index is 0.491. The van der Waals surface area contributed by atoms with Crippen LogP contribution in [-0.4, -0.2) is 6.04 Å². The lowest BCUT2D eigenvalue weighted by atomic mass is 9.92. The van der Waals surface area contributed by atoms with E-state index in [9.17, 15) is 0 Å². The van der Waals surface area contributed by atoms with E-state index in [1.165, 1.54) is 33.4 Å². The summed E-state index contributed by atoms with van der Waals surface area (Å²) in [4.78, 5) is 2.46. The highest BCUT2D eigenvalue weighted by Crippen LogP contribution is 2.47. The Morgan fingerprint density at radius 2 is 2.00 bits per heavy atom. The van der Waals surface area contributed by atoms with E-state index in [0.29, 0.717) is 12.0 Å². The van der Waals surface area contributed by atoms with Gasteiger partial charge in [0.05, 0.1) is 9.26 Å². The van der Waals surface area contributed by atoms with Gasteiger partial charge in [-0.15, -0.1) is 0 Å². The van der Waals surface area contributed by atoms with E-state index in [-0.39, 0.29) is 0 Å². The number of hydrogen-bond acceptors (Lipinski definition) is 1. The second-order valence-corrected chi connectivity index (χ2v) is 6.45. The average molecular weight is 375 g/mol. The van der Waals surface area contributed by atoms with Gasteiger partial charge in [0.1, 0.15) is 0 Å². The van der Waals surface area contributed by atoms with Crippen LogP contribution in [0.1, 0.15) is 38.2 Å². The van der Waals surface area contributed by atoms with E-state index in [0.717, 1.165) is 0 Å². The summed E-state index contributed by atoms with van der Waals surface area (Å²) in [5.41, 5.74) is 4.04. The van der Waals surface area contributed by atoms with Crippen molar-refractivity contribution in [1.29, 1.82) is 0 Å². The minimum Gasteiger partial charge on any atom is -0.337 e.